The molecule has 0 aliphatic heterocycles. The first-order valence-corrected chi connectivity index (χ1v) is 7.27. The van der Waals surface area contributed by atoms with Crippen LogP contribution in [0, 0.1) is 23.2 Å². The van der Waals surface area contributed by atoms with Crippen molar-refractivity contribution in [2.45, 2.75) is 57.9 Å². The number of nitrogens with one attached hydrogen (secondary N) is 1. The number of rotatable bonds is 7. The van der Waals surface area contributed by atoms with Gasteiger partial charge in [-0.1, -0.05) is 19.8 Å². The molecule has 18 heavy (non-hydrogen) atoms. The Balaban J connectivity index is 2.07. The molecule has 1 N–H and O–H groups in total. The smallest absolute Gasteiger partial charge is 0.103 e. The van der Waals surface area contributed by atoms with Crippen LogP contribution in [0.1, 0.15) is 52.4 Å². The second-order valence-electron chi connectivity index (χ2n) is 6.01. The molecule has 104 valence electrons. The Morgan fingerprint density at radius 3 is 2.83 bits per heavy atom. The maximum atomic E-state index is 9.02. The SMILES string of the molecule is CNC(C)(C#N)CCCOCC1CCCC(C)C1. The van der Waals surface area contributed by atoms with E-state index in [1.54, 1.807) is 0 Å². The molecular formula is C15H28N2O. The first-order chi connectivity index (χ1) is 8.59. The van der Waals surface area contributed by atoms with Crippen LogP contribution in [0.4, 0.5) is 0 Å². The molecule has 3 nitrogen and oxygen atoms in total. The molecule has 0 aromatic heterocycles. The monoisotopic (exact) mass is 252 g/mol. The third-order valence-electron chi connectivity index (χ3n) is 4.16. The van der Waals surface area contributed by atoms with Gasteiger partial charge in [-0.25, -0.2) is 0 Å². The van der Waals surface area contributed by atoms with Gasteiger partial charge in [-0.3, -0.25) is 0 Å². The minimum absolute atomic E-state index is 0.400. The van der Waals surface area contributed by atoms with Crippen LogP contribution in [0.3, 0.4) is 0 Å². The predicted molar refractivity (Wildman–Crippen MR) is 74.3 cm³/mol. The minimum atomic E-state index is -0.400. The van der Waals surface area contributed by atoms with Crippen molar-refractivity contribution in [2.75, 3.05) is 20.3 Å². The molecule has 1 fully saturated rings. The van der Waals surface area contributed by atoms with Gasteiger partial charge in [0.05, 0.1) is 6.07 Å². The molecule has 3 unspecified atom stereocenters. The van der Waals surface area contributed by atoms with Crippen molar-refractivity contribution in [3.63, 3.8) is 0 Å². The fourth-order valence-corrected chi connectivity index (χ4v) is 2.73. The maximum Gasteiger partial charge on any atom is 0.103 e. The number of ether oxygens (including phenoxy) is 1. The number of nitrogens with zero attached hydrogens (tertiary/aromatic N) is 1. The average Bonchev–Trinajstić information content (AvgIpc) is 2.38. The van der Waals surface area contributed by atoms with Crippen LogP contribution in [0.15, 0.2) is 0 Å². The molecule has 1 saturated carbocycles. The number of nitriles is 1. The summed E-state index contributed by atoms with van der Waals surface area (Å²) in [6.07, 6.45) is 7.21. The van der Waals surface area contributed by atoms with Crippen LogP contribution >= 0.6 is 0 Å². The third kappa shape index (κ3) is 5.37. The van der Waals surface area contributed by atoms with Crippen LogP contribution in [-0.2, 0) is 4.74 Å². The summed E-state index contributed by atoms with van der Waals surface area (Å²) >= 11 is 0. The fraction of sp³-hybridized carbons (Fsp3) is 0.933. The van der Waals surface area contributed by atoms with Crippen molar-refractivity contribution in [3.8, 4) is 6.07 Å². The minimum Gasteiger partial charge on any atom is -0.381 e. The van der Waals surface area contributed by atoms with Gasteiger partial charge in [-0.15, -0.1) is 0 Å². The van der Waals surface area contributed by atoms with Crippen LogP contribution in [-0.4, -0.2) is 25.8 Å². The van der Waals surface area contributed by atoms with Crippen LogP contribution in [0.25, 0.3) is 0 Å². The summed E-state index contributed by atoms with van der Waals surface area (Å²) in [7, 11) is 1.84. The van der Waals surface area contributed by atoms with Gasteiger partial charge < -0.3 is 10.1 Å². The molecule has 1 rings (SSSR count). The molecule has 3 heteroatoms. The second kappa shape index (κ2) is 7.76. The van der Waals surface area contributed by atoms with Crippen molar-refractivity contribution >= 4 is 0 Å². The molecule has 0 spiro atoms. The van der Waals surface area contributed by atoms with Gasteiger partial charge in [0.25, 0.3) is 0 Å². The lowest BCUT2D eigenvalue weighted by Gasteiger charge is -2.26. The number of hydrogen-bond donors (Lipinski definition) is 1. The highest BCUT2D eigenvalue weighted by Gasteiger charge is 2.21. The van der Waals surface area contributed by atoms with Gasteiger partial charge in [-0.05, 0) is 51.5 Å². The molecule has 0 aromatic rings. The fourth-order valence-electron chi connectivity index (χ4n) is 2.73. The van der Waals surface area contributed by atoms with Crippen molar-refractivity contribution in [1.29, 1.82) is 5.26 Å². The molecule has 3 atom stereocenters. The highest BCUT2D eigenvalue weighted by molar-refractivity contribution is 5.02. The summed E-state index contributed by atoms with van der Waals surface area (Å²) < 4.78 is 5.77. The Kier molecular flexibility index (Phi) is 6.67. The highest BCUT2D eigenvalue weighted by atomic mass is 16.5. The van der Waals surface area contributed by atoms with Gasteiger partial charge in [0.1, 0.15) is 5.54 Å². The van der Waals surface area contributed by atoms with Crippen LogP contribution < -0.4 is 5.32 Å². The van der Waals surface area contributed by atoms with Gasteiger partial charge >= 0.3 is 0 Å². The lowest BCUT2D eigenvalue weighted by molar-refractivity contribution is 0.0721. The molecule has 0 radical (unpaired) electrons. The summed E-state index contributed by atoms with van der Waals surface area (Å²) in [5.74, 6) is 1.64. The molecule has 0 aromatic carbocycles. The first kappa shape index (κ1) is 15.5. The van der Waals surface area contributed by atoms with E-state index in [2.05, 4.69) is 18.3 Å². The zero-order valence-corrected chi connectivity index (χ0v) is 12.2. The summed E-state index contributed by atoms with van der Waals surface area (Å²) in [5.41, 5.74) is -0.400. The van der Waals surface area contributed by atoms with E-state index in [-0.39, 0.29) is 0 Å². The standard InChI is InChI=1S/C15H28N2O/c1-13-6-4-7-14(10-13)11-18-9-5-8-15(2,12-16)17-3/h13-14,17H,4-11H2,1-3H3. The molecule has 1 aliphatic rings. The van der Waals surface area contributed by atoms with E-state index in [9.17, 15) is 0 Å². The van der Waals surface area contributed by atoms with E-state index in [4.69, 9.17) is 10.00 Å². The van der Waals surface area contributed by atoms with E-state index in [1.165, 1.54) is 25.7 Å². The molecule has 0 bridgehead atoms. The van der Waals surface area contributed by atoms with E-state index in [0.29, 0.717) is 0 Å². The Hall–Kier alpha value is -0.590. The molecule has 0 saturated heterocycles. The summed E-state index contributed by atoms with van der Waals surface area (Å²) in [5, 5.41) is 12.1. The average molecular weight is 252 g/mol. The lowest BCUT2D eigenvalue weighted by Crippen LogP contribution is -2.38. The molecule has 0 heterocycles. The highest BCUT2D eigenvalue weighted by Crippen LogP contribution is 2.28. The quantitative estimate of drug-likeness (QED) is 0.708. The summed E-state index contributed by atoms with van der Waals surface area (Å²) in [6, 6.07) is 2.31. The van der Waals surface area contributed by atoms with Crippen molar-refractivity contribution < 1.29 is 4.74 Å². The topological polar surface area (TPSA) is 45.0 Å². The summed E-state index contributed by atoms with van der Waals surface area (Å²) in [4.78, 5) is 0. The Bertz CT molecular complexity index is 274. The molecular weight excluding hydrogens is 224 g/mol. The van der Waals surface area contributed by atoms with Gasteiger partial charge in [0, 0.05) is 13.2 Å². The normalized spacial score (nSPS) is 27.4. The van der Waals surface area contributed by atoms with Crippen LogP contribution in [0.5, 0.6) is 0 Å². The third-order valence-corrected chi connectivity index (χ3v) is 4.16. The molecule has 1 aliphatic carbocycles. The predicted octanol–water partition coefficient (Wildman–Crippen LogP) is 3.11. The van der Waals surface area contributed by atoms with Crippen molar-refractivity contribution in [1.82, 2.24) is 5.32 Å². The van der Waals surface area contributed by atoms with Gasteiger partial charge in [0.2, 0.25) is 0 Å². The zero-order valence-electron chi connectivity index (χ0n) is 12.2. The van der Waals surface area contributed by atoms with E-state index < -0.39 is 5.54 Å². The first-order valence-electron chi connectivity index (χ1n) is 7.27. The largest absolute Gasteiger partial charge is 0.381 e. The maximum absolute atomic E-state index is 9.02. The lowest BCUT2D eigenvalue weighted by atomic mass is 9.83. The van der Waals surface area contributed by atoms with E-state index in [1.807, 2.05) is 14.0 Å². The Labute approximate surface area is 112 Å². The van der Waals surface area contributed by atoms with E-state index >= 15 is 0 Å². The zero-order chi connectivity index (χ0) is 13.4. The summed E-state index contributed by atoms with van der Waals surface area (Å²) in [6.45, 7) is 5.98. The van der Waals surface area contributed by atoms with Crippen molar-refractivity contribution in [2.24, 2.45) is 11.8 Å². The number of hydrogen-bond acceptors (Lipinski definition) is 3. The van der Waals surface area contributed by atoms with Gasteiger partial charge in [0.15, 0.2) is 0 Å². The van der Waals surface area contributed by atoms with E-state index in [0.717, 1.165) is 37.9 Å². The Morgan fingerprint density at radius 1 is 1.44 bits per heavy atom. The molecule has 0 amide bonds. The van der Waals surface area contributed by atoms with Crippen LogP contribution in [0.2, 0.25) is 0 Å². The second-order valence-corrected chi connectivity index (χ2v) is 6.01. The van der Waals surface area contributed by atoms with Gasteiger partial charge in [-0.2, -0.15) is 5.26 Å². The van der Waals surface area contributed by atoms with Crippen molar-refractivity contribution in [3.05, 3.63) is 0 Å². The Morgan fingerprint density at radius 2 is 2.22 bits per heavy atom.